The lowest BCUT2D eigenvalue weighted by atomic mass is 10.2. The number of carbonyl (C=O) groups is 2. The van der Waals surface area contributed by atoms with E-state index < -0.39 is 21.9 Å². The van der Waals surface area contributed by atoms with Crippen molar-refractivity contribution in [2.45, 2.75) is 38.5 Å². The third-order valence-electron chi connectivity index (χ3n) is 3.02. The van der Waals surface area contributed by atoms with E-state index in [4.69, 9.17) is 4.74 Å². The first-order valence-corrected chi connectivity index (χ1v) is 9.06. The molecule has 132 valence electrons. The number of carbonyl (C=O) groups excluding carboxylic acids is 2. The summed E-state index contributed by atoms with van der Waals surface area (Å²) in [4.78, 5) is 26.5. The van der Waals surface area contributed by atoms with Crippen LogP contribution in [0.5, 0.6) is 0 Å². The summed E-state index contributed by atoms with van der Waals surface area (Å²) in [5.74, 6) is -1.16. The largest absolute Gasteiger partial charge is 0.462 e. The highest BCUT2D eigenvalue weighted by Gasteiger charge is 2.16. The summed E-state index contributed by atoms with van der Waals surface area (Å²) in [5, 5.41) is 0. The summed E-state index contributed by atoms with van der Waals surface area (Å²) < 4.78 is 31.5. The number of benzene rings is 1. The van der Waals surface area contributed by atoms with Gasteiger partial charge in [-0.25, -0.2) is 22.9 Å². The first-order valence-electron chi connectivity index (χ1n) is 7.58. The fourth-order valence-corrected chi connectivity index (χ4v) is 2.95. The molecule has 0 aromatic heterocycles. The molecular formula is C16H22N2O5S. The van der Waals surface area contributed by atoms with Gasteiger partial charge in [-0.3, -0.25) is 4.79 Å². The number of hydrogen-bond donors (Lipinski definition) is 1. The average Bonchev–Trinajstić information content (AvgIpc) is 2.50. The number of amides is 1. The third kappa shape index (κ3) is 6.59. The molecule has 0 fully saturated rings. The molecule has 24 heavy (non-hydrogen) atoms. The Labute approximate surface area is 142 Å². The number of esters is 1. The van der Waals surface area contributed by atoms with E-state index in [9.17, 15) is 18.0 Å². The van der Waals surface area contributed by atoms with Gasteiger partial charge in [-0.05, 0) is 38.8 Å². The highest BCUT2D eigenvalue weighted by atomic mass is 32.2. The van der Waals surface area contributed by atoms with Crippen molar-refractivity contribution in [2.24, 2.45) is 4.99 Å². The van der Waals surface area contributed by atoms with E-state index in [0.29, 0.717) is 6.42 Å². The van der Waals surface area contributed by atoms with Gasteiger partial charge in [0.25, 0.3) is 0 Å². The maximum absolute atomic E-state index is 12.1. The summed E-state index contributed by atoms with van der Waals surface area (Å²) in [5.41, 5.74) is 0.965. The van der Waals surface area contributed by atoms with Crippen molar-refractivity contribution in [1.29, 1.82) is 0 Å². The number of nitrogens with one attached hydrogen (secondary N) is 1. The van der Waals surface area contributed by atoms with Gasteiger partial charge in [0, 0.05) is 13.5 Å². The predicted molar refractivity (Wildman–Crippen MR) is 90.4 cm³/mol. The molecule has 7 nitrogen and oxygen atoms in total. The molecule has 0 aliphatic heterocycles. The lowest BCUT2D eigenvalue weighted by Gasteiger charge is -2.08. The zero-order valence-corrected chi connectivity index (χ0v) is 14.9. The Morgan fingerprint density at radius 3 is 2.38 bits per heavy atom. The van der Waals surface area contributed by atoms with Crippen LogP contribution in [0, 0.1) is 6.92 Å². The SMILES string of the molecule is CCOC(=O)C(CCCNS(=O)(=O)c1ccc(C)cc1)=NC(C)=O. The van der Waals surface area contributed by atoms with E-state index >= 15 is 0 Å². The van der Waals surface area contributed by atoms with Crippen molar-refractivity contribution in [1.82, 2.24) is 4.72 Å². The van der Waals surface area contributed by atoms with Gasteiger partial charge in [-0.15, -0.1) is 0 Å². The van der Waals surface area contributed by atoms with Gasteiger partial charge >= 0.3 is 5.97 Å². The molecule has 1 amide bonds. The summed E-state index contributed by atoms with van der Waals surface area (Å²) in [6.45, 7) is 5.05. The van der Waals surface area contributed by atoms with Gasteiger partial charge in [0.2, 0.25) is 15.9 Å². The topological polar surface area (TPSA) is 102 Å². The molecule has 0 saturated heterocycles. The molecule has 1 aromatic rings. The summed E-state index contributed by atoms with van der Waals surface area (Å²) in [6, 6.07) is 6.48. The van der Waals surface area contributed by atoms with Gasteiger partial charge in [0.05, 0.1) is 11.5 Å². The van der Waals surface area contributed by atoms with Crippen LogP contribution in [0.1, 0.15) is 32.3 Å². The van der Waals surface area contributed by atoms with E-state index in [1.54, 1.807) is 19.1 Å². The van der Waals surface area contributed by atoms with Crippen LogP contribution in [0.25, 0.3) is 0 Å². The molecule has 0 aliphatic rings. The normalized spacial score (nSPS) is 12.0. The zero-order chi connectivity index (χ0) is 18.2. The maximum Gasteiger partial charge on any atom is 0.352 e. The van der Waals surface area contributed by atoms with E-state index in [-0.39, 0.29) is 30.2 Å². The first-order chi connectivity index (χ1) is 11.3. The van der Waals surface area contributed by atoms with Crippen molar-refractivity contribution < 1.29 is 22.7 Å². The fraction of sp³-hybridized carbons (Fsp3) is 0.438. The molecule has 1 aromatic carbocycles. The van der Waals surface area contributed by atoms with Gasteiger partial charge in [-0.1, -0.05) is 17.7 Å². The molecule has 1 rings (SSSR count). The molecule has 0 aliphatic carbocycles. The van der Waals surface area contributed by atoms with E-state index in [1.165, 1.54) is 19.1 Å². The Hall–Kier alpha value is -2.06. The van der Waals surface area contributed by atoms with Crippen molar-refractivity contribution in [3.8, 4) is 0 Å². The lowest BCUT2D eigenvalue weighted by Crippen LogP contribution is -2.26. The molecular weight excluding hydrogens is 332 g/mol. The number of aryl methyl sites for hydroxylation is 1. The number of ether oxygens (including phenoxy) is 1. The fourth-order valence-electron chi connectivity index (χ4n) is 1.87. The molecule has 1 N–H and O–H groups in total. The zero-order valence-electron chi connectivity index (χ0n) is 14.0. The Morgan fingerprint density at radius 1 is 1.21 bits per heavy atom. The van der Waals surface area contributed by atoms with Crippen LogP contribution in [-0.4, -0.2) is 39.2 Å². The minimum Gasteiger partial charge on any atom is -0.462 e. The molecule has 0 atom stereocenters. The second-order valence-corrected chi connectivity index (χ2v) is 6.88. The van der Waals surface area contributed by atoms with Crippen LogP contribution < -0.4 is 4.72 Å². The monoisotopic (exact) mass is 354 g/mol. The molecule has 0 radical (unpaired) electrons. The molecule has 0 saturated carbocycles. The Balaban J connectivity index is 2.60. The van der Waals surface area contributed by atoms with Gasteiger partial charge < -0.3 is 4.74 Å². The Morgan fingerprint density at radius 2 is 1.83 bits per heavy atom. The quantitative estimate of drug-likeness (QED) is 0.434. The highest BCUT2D eigenvalue weighted by Crippen LogP contribution is 2.10. The standard InChI is InChI=1S/C16H22N2O5S/c1-4-23-16(20)15(18-13(3)19)6-5-11-17-24(21,22)14-9-7-12(2)8-10-14/h7-10,17H,4-6,11H2,1-3H3. The van der Waals surface area contributed by atoms with Crippen LogP contribution in [0.15, 0.2) is 34.2 Å². The van der Waals surface area contributed by atoms with Crippen molar-refractivity contribution in [2.75, 3.05) is 13.2 Å². The molecule has 8 heteroatoms. The van der Waals surface area contributed by atoms with Crippen LogP contribution in [-0.2, 0) is 24.3 Å². The third-order valence-corrected chi connectivity index (χ3v) is 4.49. The Bertz CT molecular complexity index is 708. The van der Waals surface area contributed by atoms with Gasteiger partial charge in [0.1, 0.15) is 5.71 Å². The molecule has 0 heterocycles. The second kappa shape index (κ2) is 9.29. The van der Waals surface area contributed by atoms with E-state index in [0.717, 1.165) is 5.56 Å². The molecule has 0 bridgehead atoms. The molecule has 0 unspecified atom stereocenters. The Kier molecular flexibility index (Phi) is 7.73. The smallest absolute Gasteiger partial charge is 0.352 e. The predicted octanol–water partition coefficient (Wildman–Crippen LogP) is 1.60. The highest BCUT2D eigenvalue weighted by molar-refractivity contribution is 7.89. The first kappa shape index (κ1) is 20.0. The minimum atomic E-state index is -3.60. The number of sulfonamides is 1. The van der Waals surface area contributed by atoms with Crippen LogP contribution in [0.2, 0.25) is 0 Å². The second-order valence-electron chi connectivity index (χ2n) is 5.11. The summed E-state index contributed by atoms with van der Waals surface area (Å²) in [7, 11) is -3.60. The van der Waals surface area contributed by atoms with E-state index in [1.807, 2.05) is 6.92 Å². The van der Waals surface area contributed by atoms with Gasteiger partial charge in [-0.2, -0.15) is 0 Å². The average molecular weight is 354 g/mol. The van der Waals surface area contributed by atoms with Crippen molar-refractivity contribution in [3.05, 3.63) is 29.8 Å². The molecule has 0 spiro atoms. The summed E-state index contributed by atoms with van der Waals surface area (Å²) >= 11 is 0. The van der Waals surface area contributed by atoms with Crippen molar-refractivity contribution in [3.63, 3.8) is 0 Å². The number of aliphatic imine (C=N–C) groups is 1. The number of rotatable bonds is 8. The van der Waals surface area contributed by atoms with Gasteiger partial charge in [0.15, 0.2) is 0 Å². The number of nitrogens with zero attached hydrogens (tertiary/aromatic N) is 1. The van der Waals surface area contributed by atoms with Crippen molar-refractivity contribution >= 4 is 27.6 Å². The minimum absolute atomic E-state index is 0.00103. The summed E-state index contributed by atoms with van der Waals surface area (Å²) in [6.07, 6.45) is 0.463. The number of hydrogen-bond acceptors (Lipinski definition) is 5. The van der Waals surface area contributed by atoms with Crippen LogP contribution in [0.3, 0.4) is 0 Å². The van der Waals surface area contributed by atoms with E-state index in [2.05, 4.69) is 9.71 Å². The van der Waals surface area contributed by atoms with Crippen LogP contribution in [0.4, 0.5) is 0 Å². The maximum atomic E-state index is 12.1. The van der Waals surface area contributed by atoms with Crippen LogP contribution >= 0.6 is 0 Å². The lowest BCUT2D eigenvalue weighted by molar-refractivity contribution is -0.135.